The highest BCUT2D eigenvalue weighted by atomic mass is 16.5. The molecule has 0 amide bonds. The van der Waals surface area contributed by atoms with Gasteiger partial charge in [-0.1, -0.05) is 60.7 Å². The molecule has 3 heteroatoms. The van der Waals surface area contributed by atoms with Crippen LogP contribution in [0.25, 0.3) is 11.1 Å². The molecule has 2 heterocycles. The fourth-order valence-electron chi connectivity index (χ4n) is 4.94. The van der Waals surface area contributed by atoms with Gasteiger partial charge in [0.15, 0.2) is 0 Å². The first-order valence-corrected chi connectivity index (χ1v) is 9.40. The molecule has 0 saturated carbocycles. The number of hydrogen-bond acceptors (Lipinski definition) is 3. The van der Waals surface area contributed by atoms with E-state index in [0.717, 1.165) is 35.1 Å². The number of fused-ring (bicyclic) bond motifs is 5. The van der Waals surface area contributed by atoms with E-state index < -0.39 is 5.41 Å². The lowest BCUT2D eigenvalue weighted by Gasteiger charge is -2.37. The van der Waals surface area contributed by atoms with Gasteiger partial charge in [0.05, 0.1) is 0 Å². The molecule has 5 rings (SSSR count). The second kappa shape index (κ2) is 5.55. The minimum atomic E-state index is -0.733. The van der Waals surface area contributed by atoms with Crippen LogP contribution in [0, 0.1) is 0 Å². The third-order valence-electron chi connectivity index (χ3n) is 6.51. The molecule has 1 aliphatic carbocycles. The molecule has 3 nitrogen and oxygen atoms in total. The van der Waals surface area contributed by atoms with Crippen LogP contribution < -0.4 is 0 Å². The number of piperidine rings is 1. The van der Waals surface area contributed by atoms with Gasteiger partial charge in [0.25, 0.3) is 0 Å². The van der Waals surface area contributed by atoms with E-state index in [0.29, 0.717) is 12.1 Å². The molecule has 2 aromatic rings. The number of benzene rings is 2. The molecule has 132 valence electrons. The van der Waals surface area contributed by atoms with Gasteiger partial charge in [-0.05, 0) is 36.2 Å². The van der Waals surface area contributed by atoms with Crippen molar-refractivity contribution < 1.29 is 9.53 Å². The van der Waals surface area contributed by atoms with Crippen LogP contribution in [0.1, 0.15) is 30.9 Å². The Labute approximate surface area is 154 Å². The molecule has 3 aliphatic rings. The Kier molecular flexibility index (Phi) is 3.38. The molecule has 2 unspecified atom stereocenters. The molecular formula is C23H23NO2. The van der Waals surface area contributed by atoms with Gasteiger partial charge in [0.1, 0.15) is 11.5 Å². The van der Waals surface area contributed by atoms with Crippen molar-refractivity contribution in [3.63, 3.8) is 0 Å². The van der Waals surface area contributed by atoms with Gasteiger partial charge in [-0.25, -0.2) is 0 Å². The van der Waals surface area contributed by atoms with Crippen LogP contribution in [0.15, 0.2) is 60.7 Å². The summed E-state index contributed by atoms with van der Waals surface area (Å²) in [6, 6.07) is 17.2. The van der Waals surface area contributed by atoms with E-state index in [1.165, 1.54) is 0 Å². The van der Waals surface area contributed by atoms with Crippen molar-refractivity contribution in [1.29, 1.82) is 0 Å². The number of esters is 1. The highest BCUT2D eigenvalue weighted by Gasteiger charge is 2.48. The molecule has 0 spiro atoms. The summed E-state index contributed by atoms with van der Waals surface area (Å²) in [6.45, 7) is 2.02. The number of hydrogen-bond donors (Lipinski definition) is 0. The smallest absolute Gasteiger partial charge is 0.321 e. The zero-order chi connectivity index (χ0) is 17.9. The normalized spacial score (nSPS) is 27.8. The van der Waals surface area contributed by atoms with Crippen LogP contribution in [-0.2, 0) is 14.9 Å². The predicted octanol–water partition coefficient (Wildman–Crippen LogP) is 3.92. The molecule has 2 bridgehead atoms. The Morgan fingerprint density at radius 3 is 2.00 bits per heavy atom. The van der Waals surface area contributed by atoms with Gasteiger partial charge in [-0.15, -0.1) is 0 Å². The summed E-state index contributed by atoms with van der Waals surface area (Å²) in [5.41, 5.74) is 3.67. The molecule has 1 fully saturated rings. The predicted molar refractivity (Wildman–Crippen MR) is 102 cm³/mol. The zero-order valence-corrected chi connectivity index (χ0v) is 15.2. The Morgan fingerprint density at radius 1 is 0.962 bits per heavy atom. The quantitative estimate of drug-likeness (QED) is 0.610. The third-order valence-corrected chi connectivity index (χ3v) is 6.51. The third kappa shape index (κ3) is 2.07. The highest BCUT2D eigenvalue weighted by molar-refractivity contribution is 5.97. The Bertz CT molecular complexity index is 854. The number of carbonyl (C=O) groups is 1. The van der Waals surface area contributed by atoms with Crippen molar-refractivity contribution in [3.05, 3.63) is 71.8 Å². The molecule has 0 aromatic heterocycles. The van der Waals surface area contributed by atoms with Crippen LogP contribution in [0.3, 0.4) is 0 Å². The Morgan fingerprint density at radius 2 is 1.46 bits per heavy atom. The lowest BCUT2D eigenvalue weighted by atomic mass is 9.80. The first-order valence-electron chi connectivity index (χ1n) is 9.40. The van der Waals surface area contributed by atoms with Crippen molar-refractivity contribution >= 4 is 5.97 Å². The lowest BCUT2D eigenvalue weighted by molar-refractivity contribution is -0.156. The van der Waals surface area contributed by atoms with Crippen LogP contribution >= 0.6 is 0 Å². The number of rotatable bonds is 2. The van der Waals surface area contributed by atoms with Gasteiger partial charge in [-0.2, -0.15) is 0 Å². The van der Waals surface area contributed by atoms with E-state index >= 15 is 0 Å². The molecule has 26 heavy (non-hydrogen) atoms. The maximum absolute atomic E-state index is 13.4. The lowest BCUT2D eigenvalue weighted by Crippen LogP contribution is -2.46. The van der Waals surface area contributed by atoms with Gasteiger partial charge in [0, 0.05) is 24.9 Å². The summed E-state index contributed by atoms with van der Waals surface area (Å²) in [5, 5.41) is 0. The Balaban J connectivity index is 1.48. The van der Waals surface area contributed by atoms with E-state index in [2.05, 4.69) is 48.4 Å². The van der Waals surface area contributed by atoms with E-state index in [-0.39, 0.29) is 12.1 Å². The maximum atomic E-state index is 13.4. The minimum absolute atomic E-state index is 0.0135. The van der Waals surface area contributed by atoms with Crippen molar-refractivity contribution in [2.75, 3.05) is 7.05 Å². The van der Waals surface area contributed by atoms with Gasteiger partial charge in [-0.3, -0.25) is 9.69 Å². The molecule has 2 aromatic carbocycles. The summed E-state index contributed by atoms with van der Waals surface area (Å²) in [4.78, 5) is 15.8. The maximum Gasteiger partial charge on any atom is 0.321 e. The van der Waals surface area contributed by atoms with E-state index in [1.54, 1.807) is 0 Å². The minimum Gasteiger partial charge on any atom is -0.461 e. The molecule has 0 radical (unpaired) electrons. The highest BCUT2D eigenvalue weighted by Crippen LogP contribution is 2.49. The average Bonchev–Trinajstić information content (AvgIpc) is 3.03. The van der Waals surface area contributed by atoms with Crippen LogP contribution in [0.4, 0.5) is 0 Å². The molecular weight excluding hydrogens is 322 g/mol. The Hall–Kier alpha value is -2.39. The fourth-order valence-corrected chi connectivity index (χ4v) is 4.94. The van der Waals surface area contributed by atoms with Crippen molar-refractivity contribution in [1.82, 2.24) is 4.90 Å². The van der Waals surface area contributed by atoms with E-state index in [9.17, 15) is 4.79 Å². The van der Waals surface area contributed by atoms with Gasteiger partial charge in [0.2, 0.25) is 0 Å². The van der Waals surface area contributed by atoms with Crippen molar-refractivity contribution in [2.24, 2.45) is 0 Å². The summed E-state index contributed by atoms with van der Waals surface area (Å²) in [6.07, 6.45) is 6.25. The van der Waals surface area contributed by atoms with Crippen LogP contribution in [0.5, 0.6) is 0 Å². The number of ether oxygens (including phenoxy) is 1. The second-order valence-electron chi connectivity index (χ2n) is 7.90. The first kappa shape index (κ1) is 15.8. The monoisotopic (exact) mass is 345 g/mol. The summed E-state index contributed by atoms with van der Waals surface area (Å²) >= 11 is 0. The van der Waals surface area contributed by atoms with Crippen molar-refractivity contribution in [2.45, 2.75) is 43.4 Å². The molecule has 2 aliphatic heterocycles. The second-order valence-corrected chi connectivity index (χ2v) is 7.90. The van der Waals surface area contributed by atoms with E-state index in [1.807, 2.05) is 31.2 Å². The summed E-state index contributed by atoms with van der Waals surface area (Å²) in [7, 11) is 2.15. The van der Waals surface area contributed by atoms with Crippen LogP contribution in [-0.4, -0.2) is 36.1 Å². The van der Waals surface area contributed by atoms with Gasteiger partial charge >= 0.3 is 5.97 Å². The number of nitrogens with zero attached hydrogens (tertiary/aromatic N) is 1. The number of likely N-dealkylation sites (N-methyl/N-ethyl adjacent to an activating group) is 1. The van der Waals surface area contributed by atoms with Crippen molar-refractivity contribution in [3.8, 4) is 11.1 Å². The zero-order valence-electron chi connectivity index (χ0n) is 15.2. The number of carbonyl (C=O) groups excluding carboxylic acids is 1. The first-order chi connectivity index (χ1) is 12.6. The molecule has 0 N–H and O–H groups in total. The average molecular weight is 345 g/mol. The SMILES string of the molecule is CN1C2C=CC1CC(OC(=O)C1(C)c3ccccc3-c3ccccc31)C2. The summed E-state index contributed by atoms with van der Waals surface area (Å²) < 4.78 is 6.12. The molecule has 1 saturated heterocycles. The standard InChI is InChI=1S/C23H23NO2/c1-23(22(25)26-17-13-15-11-12-16(14-17)24(15)2)20-9-5-3-7-18(20)19-8-4-6-10-21(19)23/h3-12,15-17H,13-14H2,1-2H3. The summed E-state index contributed by atoms with van der Waals surface area (Å²) in [5.74, 6) is -0.121. The fraction of sp³-hybridized carbons (Fsp3) is 0.348. The van der Waals surface area contributed by atoms with Crippen LogP contribution in [0.2, 0.25) is 0 Å². The largest absolute Gasteiger partial charge is 0.461 e. The molecule has 2 atom stereocenters. The van der Waals surface area contributed by atoms with E-state index in [4.69, 9.17) is 4.74 Å². The van der Waals surface area contributed by atoms with Gasteiger partial charge < -0.3 is 4.74 Å². The topological polar surface area (TPSA) is 29.5 Å².